The molecule has 2 aromatic heterocycles. The lowest BCUT2D eigenvalue weighted by atomic mass is 10.1. The molecule has 3 heterocycles. The Bertz CT molecular complexity index is 1410. The number of aryl methyl sites for hydroxylation is 1. The summed E-state index contributed by atoms with van der Waals surface area (Å²) in [6.45, 7) is 4.43. The molecule has 1 amide bonds. The van der Waals surface area contributed by atoms with Crippen molar-refractivity contribution in [3.63, 3.8) is 0 Å². The number of nitrogens with one attached hydrogen (secondary N) is 1. The Morgan fingerprint density at radius 3 is 2.69 bits per heavy atom. The van der Waals surface area contributed by atoms with Gasteiger partial charge in [0.15, 0.2) is 0 Å². The lowest BCUT2D eigenvalue weighted by Gasteiger charge is -2.24. The lowest BCUT2D eigenvalue weighted by molar-refractivity contribution is -0.124. The molecule has 1 saturated carbocycles. The quantitative estimate of drug-likeness (QED) is 0.536. The summed E-state index contributed by atoms with van der Waals surface area (Å²) in [7, 11) is 0. The molecule has 0 spiro atoms. The number of nitrogens with zero attached hydrogens (tertiary/aromatic N) is 4. The van der Waals surface area contributed by atoms with Gasteiger partial charge in [-0.15, -0.1) is 0 Å². The molecule has 184 valence electrons. The summed E-state index contributed by atoms with van der Waals surface area (Å²) in [5.41, 5.74) is -0.658. The van der Waals surface area contributed by atoms with Gasteiger partial charge in [0.1, 0.15) is 23.2 Å². The van der Waals surface area contributed by atoms with Gasteiger partial charge < -0.3 is 24.5 Å². The number of aromatic carboxylic acids is 1. The van der Waals surface area contributed by atoms with Gasteiger partial charge in [-0.3, -0.25) is 9.59 Å². The third-order valence-electron chi connectivity index (χ3n) is 6.86. The van der Waals surface area contributed by atoms with Crippen LogP contribution in [0.1, 0.15) is 54.5 Å². The molecule has 3 aromatic rings. The van der Waals surface area contributed by atoms with Crippen molar-refractivity contribution in [2.45, 2.75) is 51.2 Å². The maximum atomic E-state index is 15.3. The molecule has 2 unspecified atom stereocenters. The van der Waals surface area contributed by atoms with Crippen molar-refractivity contribution in [2.75, 3.05) is 18.0 Å². The molecular weight excluding hydrogens is 477 g/mol. The molecule has 9 nitrogen and oxygen atoms in total. The van der Waals surface area contributed by atoms with Gasteiger partial charge in [0.05, 0.1) is 21.6 Å². The molecular formula is C24H25ClFN5O4. The first-order valence-corrected chi connectivity index (χ1v) is 11.9. The summed E-state index contributed by atoms with van der Waals surface area (Å²) in [5, 5.41) is 12.5. The smallest absolute Gasteiger partial charge is 0.341 e. The molecule has 0 radical (unpaired) electrons. The van der Waals surface area contributed by atoms with E-state index in [1.165, 1.54) is 6.20 Å². The van der Waals surface area contributed by atoms with Gasteiger partial charge in [-0.2, -0.15) is 0 Å². The van der Waals surface area contributed by atoms with Crippen molar-refractivity contribution >= 4 is 40.1 Å². The van der Waals surface area contributed by atoms with Crippen molar-refractivity contribution in [2.24, 2.45) is 0 Å². The molecule has 2 fully saturated rings. The zero-order valence-electron chi connectivity index (χ0n) is 19.3. The summed E-state index contributed by atoms with van der Waals surface area (Å²) >= 11 is 6.71. The number of pyridine rings is 1. The van der Waals surface area contributed by atoms with Crippen LogP contribution in [0.2, 0.25) is 5.02 Å². The first kappa shape index (κ1) is 23.3. The number of carboxylic acids is 1. The molecule has 1 saturated heterocycles. The number of hydrogen-bond acceptors (Lipinski definition) is 5. The van der Waals surface area contributed by atoms with E-state index in [4.69, 9.17) is 11.6 Å². The van der Waals surface area contributed by atoms with Crippen LogP contribution in [-0.2, 0) is 4.79 Å². The number of carboxylic acid groups (broad SMARTS) is 1. The number of halogens is 2. The largest absolute Gasteiger partial charge is 0.477 e. The van der Waals surface area contributed by atoms with Crippen LogP contribution in [-0.4, -0.2) is 50.2 Å². The van der Waals surface area contributed by atoms with E-state index in [1.807, 2.05) is 6.92 Å². The summed E-state index contributed by atoms with van der Waals surface area (Å²) in [5.74, 6) is -1.48. The van der Waals surface area contributed by atoms with E-state index in [9.17, 15) is 19.5 Å². The zero-order chi connectivity index (χ0) is 25.0. The van der Waals surface area contributed by atoms with Gasteiger partial charge in [0.2, 0.25) is 11.3 Å². The van der Waals surface area contributed by atoms with Crippen LogP contribution < -0.4 is 15.6 Å². The fourth-order valence-electron chi connectivity index (χ4n) is 4.84. The average Bonchev–Trinajstić information content (AvgIpc) is 3.41. The highest BCUT2D eigenvalue weighted by molar-refractivity contribution is 6.38. The summed E-state index contributed by atoms with van der Waals surface area (Å²) in [6.07, 6.45) is 6.95. The molecule has 2 N–H and O–H groups in total. The van der Waals surface area contributed by atoms with Crippen LogP contribution in [0.4, 0.5) is 10.1 Å². The highest BCUT2D eigenvalue weighted by Gasteiger charge is 2.33. The number of fused-ring (bicyclic) bond motifs is 1. The van der Waals surface area contributed by atoms with Crippen molar-refractivity contribution < 1.29 is 19.1 Å². The Kier molecular flexibility index (Phi) is 5.79. The number of rotatable bonds is 6. The number of carbonyl (C=O) groups excluding carboxylic acids is 1. The molecule has 5 rings (SSSR count). The van der Waals surface area contributed by atoms with Crippen LogP contribution in [0, 0.1) is 12.7 Å². The first-order valence-electron chi connectivity index (χ1n) is 11.5. The Morgan fingerprint density at radius 2 is 2.06 bits per heavy atom. The van der Waals surface area contributed by atoms with Crippen LogP contribution in [0.15, 0.2) is 29.5 Å². The Balaban J connectivity index is 1.45. The Hall–Kier alpha value is -3.40. The van der Waals surface area contributed by atoms with E-state index in [1.54, 1.807) is 33.4 Å². The van der Waals surface area contributed by atoms with E-state index in [-0.39, 0.29) is 34.1 Å². The van der Waals surface area contributed by atoms with Crippen molar-refractivity contribution in [3.8, 4) is 0 Å². The normalized spacial score (nSPS) is 18.7. The second-order valence-electron chi connectivity index (χ2n) is 9.23. The minimum Gasteiger partial charge on any atom is -0.477 e. The fraction of sp³-hybridized carbons (Fsp3) is 0.417. The predicted octanol–water partition coefficient (Wildman–Crippen LogP) is 3.29. The van der Waals surface area contributed by atoms with Gasteiger partial charge in [-0.25, -0.2) is 14.2 Å². The molecule has 1 aromatic carbocycles. The van der Waals surface area contributed by atoms with E-state index in [0.29, 0.717) is 25.0 Å². The number of anilines is 1. The molecule has 1 aliphatic heterocycles. The van der Waals surface area contributed by atoms with E-state index in [2.05, 4.69) is 10.3 Å². The van der Waals surface area contributed by atoms with E-state index in [0.717, 1.165) is 24.7 Å². The number of hydrogen-bond donors (Lipinski definition) is 2. The van der Waals surface area contributed by atoms with Gasteiger partial charge in [-0.05, 0) is 39.2 Å². The summed E-state index contributed by atoms with van der Waals surface area (Å²) < 4.78 is 18.8. The van der Waals surface area contributed by atoms with Crippen LogP contribution >= 0.6 is 11.6 Å². The number of aromatic nitrogens is 3. The topological polar surface area (TPSA) is 109 Å². The van der Waals surface area contributed by atoms with Crippen molar-refractivity contribution in [3.05, 3.63) is 57.1 Å². The second kappa shape index (κ2) is 8.67. The third kappa shape index (κ3) is 4.05. The minimum absolute atomic E-state index is 0.0192. The van der Waals surface area contributed by atoms with Crippen molar-refractivity contribution in [1.29, 1.82) is 0 Å². The molecule has 2 atom stereocenters. The maximum absolute atomic E-state index is 15.3. The fourth-order valence-corrected chi connectivity index (χ4v) is 5.25. The number of benzene rings is 1. The molecule has 1 aliphatic carbocycles. The Morgan fingerprint density at radius 1 is 1.31 bits per heavy atom. The van der Waals surface area contributed by atoms with Gasteiger partial charge >= 0.3 is 5.97 Å². The highest BCUT2D eigenvalue weighted by atomic mass is 35.5. The maximum Gasteiger partial charge on any atom is 0.341 e. The molecule has 11 heteroatoms. The number of carbonyl (C=O) groups is 2. The SMILES string of the molecule is Cc1nccn1C(C)C(=O)NC1CCN(c2c(F)cc3c(=O)c(C(=O)O)cn(C4CC4)c3c2Cl)C1. The van der Waals surface area contributed by atoms with Crippen LogP contribution in [0.25, 0.3) is 10.9 Å². The lowest BCUT2D eigenvalue weighted by Crippen LogP contribution is -2.40. The zero-order valence-corrected chi connectivity index (χ0v) is 20.0. The Labute approximate surface area is 205 Å². The summed E-state index contributed by atoms with van der Waals surface area (Å²) in [6, 6.07) is 0.453. The molecule has 2 aliphatic rings. The first-order chi connectivity index (χ1) is 16.7. The highest BCUT2D eigenvalue weighted by Crippen LogP contribution is 2.42. The van der Waals surface area contributed by atoms with Gasteiger partial charge in [-0.1, -0.05) is 11.6 Å². The molecule has 35 heavy (non-hydrogen) atoms. The number of imidazole rings is 1. The average molecular weight is 502 g/mol. The second-order valence-corrected chi connectivity index (χ2v) is 9.61. The summed E-state index contributed by atoms with van der Waals surface area (Å²) in [4.78, 5) is 43.1. The monoisotopic (exact) mass is 501 g/mol. The van der Waals surface area contributed by atoms with Crippen LogP contribution in [0.3, 0.4) is 0 Å². The van der Waals surface area contributed by atoms with E-state index < -0.39 is 28.8 Å². The van der Waals surface area contributed by atoms with Gasteiger partial charge in [0.25, 0.3) is 0 Å². The standard InChI is InChI=1S/C24H25ClFN5O4/c1-12(30-8-6-27-13(30)2)23(33)28-14-5-7-29(10-14)21-18(26)9-16-20(19(21)25)31(15-3-4-15)11-17(22(16)32)24(34)35/h6,8-9,11-12,14-15H,3-5,7,10H2,1-2H3,(H,28,33)(H,34,35). The van der Waals surface area contributed by atoms with Crippen LogP contribution in [0.5, 0.6) is 0 Å². The minimum atomic E-state index is -1.36. The number of amides is 1. The van der Waals surface area contributed by atoms with E-state index >= 15 is 4.39 Å². The molecule has 0 bridgehead atoms. The predicted molar refractivity (Wildman–Crippen MR) is 129 cm³/mol. The third-order valence-corrected chi connectivity index (χ3v) is 7.22. The van der Waals surface area contributed by atoms with Gasteiger partial charge in [0, 0.05) is 43.8 Å². The van der Waals surface area contributed by atoms with Crippen molar-refractivity contribution in [1.82, 2.24) is 19.4 Å².